The second-order valence-corrected chi connectivity index (χ2v) is 7.27. The number of allylic oxidation sites excluding steroid dienone is 4. The Morgan fingerprint density at radius 3 is 1.76 bits per heavy atom. The summed E-state index contributed by atoms with van der Waals surface area (Å²) >= 11 is 1.01. The third-order valence-corrected chi connectivity index (χ3v) is 4.80. The number of aliphatic hydroxyl groups is 2. The fourth-order valence-electron chi connectivity index (χ4n) is 2.33. The van der Waals surface area contributed by atoms with Gasteiger partial charge in [0.15, 0.2) is 11.6 Å². The molecule has 0 spiro atoms. The Kier molecular flexibility index (Phi) is 11.1. The number of ketones is 2. The van der Waals surface area contributed by atoms with Crippen molar-refractivity contribution < 1.29 is 95.5 Å². The smallest absolute Gasteiger partial charge is 0.448 e. The van der Waals surface area contributed by atoms with Gasteiger partial charge in [0.1, 0.15) is 0 Å². The molecule has 0 aliphatic rings. The van der Waals surface area contributed by atoms with Gasteiger partial charge in [0.2, 0.25) is 11.5 Å². The molecule has 3 rings (SSSR count). The average Bonchev–Trinajstić information content (AvgIpc) is 3.27. The molecule has 2 N–H and O–H groups in total. The standard InChI is InChI=1S/C14H9F3O2.C8H5F3O2S.Eu/c15-14(16,17)13(19)8-12(18)11-6-5-9-3-1-2-4-10(9)7-11;9-8(10,11)7(13)4-5(12)6-2-1-3-14-6;/h1-8,19H;1-4,13H;/b13-8-;7-4-;. The van der Waals surface area contributed by atoms with Crippen molar-refractivity contribution in [2.75, 3.05) is 0 Å². The Bertz CT molecular complexity index is 1200. The van der Waals surface area contributed by atoms with Crippen LogP contribution in [0.3, 0.4) is 0 Å². The average molecular weight is 640 g/mol. The molecule has 0 bridgehead atoms. The summed E-state index contributed by atoms with van der Waals surface area (Å²) in [4.78, 5) is 22.8. The van der Waals surface area contributed by atoms with Crippen LogP contribution in [0.25, 0.3) is 10.8 Å². The predicted octanol–water partition coefficient (Wildman–Crippen LogP) is 6.96. The van der Waals surface area contributed by atoms with Crippen molar-refractivity contribution in [2.24, 2.45) is 0 Å². The zero-order valence-electron chi connectivity index (χ0n) is 16.7. The number of fused-ring (bicyclic) bond motifs is 1. The largest absolute Gasteiger partial charge is 0.504 e. The molecule has 0 atom stereocenters. The van der Waals surface area contributed by atoms with Crippen LogP contribution < -0.4 is 0 Å². The van der Waals surface area contributed by atoms with E-state index in [1.54, 1.807) is 23.6 Å². The minimum absolute atomic E-state index is 0. The van der Waals surface area contributed by atoms with E-state index in [2.05, 4.69) is 0 Å². The van der Waals surface area contributed by atoms with Crippen molar-refractivity contribution in [3.63, 3.8) is 0 Å². The van der Waals surface area contributed by atoms with Crippen LogP contribution in [-0.4, -0.2) is 34.1 Å². The molecule has 1 radical (unpaired) electrons. The van der Waals surface area contributed by atoms with Crippen molar-refractivity contribution in [1.29, 1.82) is 0 Å². The number of hydrogen-bond acceptors (Lipinski definition) is 5. The normalized spacial score (nSPS) is 12.4. The molecule has 3 aromatic rings. The molecule has 0 aliphatic heterocycles. The Morgan fingerprint density at radius 1 is 0.735 bits per heavy atom. The van der Waals surface area contributed by atoms with Crippen LogP contribution in [0.15, 0.2) is 83.6 Å². The molecule has 34 heavy (non-hydrogen) atoms. The van der Waals surface area contributed by atoms with Gasteiger partial charge in [0.05, 0.1) is 4.88 Å². The second-order valence-electron chi connectivity index (χ2n) is 6.32. The Hall–Kier alpha value is -2.02. The maximum Gasteiger partial charge on any atom is 0.448 e. The van der Waals surface area contributed by atoms with Gasteiger partial charge in [-0.1, -0.05) is 42.5 Å². The number of hydrogen-bond donors (Lipinski definition) is 2. The second kappa shape index (κ2) is 12.6. The Labute approximate surface area is 233 Å². The molecule has 2 aromatic carbocycles. The van der Waals surface area contributed by atoms with Gasteiger partial charge in [-0.2, -0.15) is 26.3 Å². The van der Waals surface area contributed by atoms with Gasteiger partial charge in [-0.05, 0) is 28.3 Å². The number of benzene rings is 2. The Morgan fingerprint density at radius 2 is 1.26 bits per heavy atom. The van der Waals surface area contributed by atoms with E-state index >= 15 is 0 Å². The first-order valence-corrected chi connectivity index (χ1v) is 9.73. The van der Waals surface area contributed by atoms with Crippen LogP contribution >= 0.6 is 11.3 Å². The summed E-state index contributed by atoms with van der Waals surface area (Å²) in [5, 5.41) is 20.4. The molecule has 0 saturated carbocycles. The summed E-state index contributed by atoms with van der Waals surface area (Å²) in [6.45, 7) is 0. The molecule has 4 nitrogen and oxygen atoms in total. The van der Waals surface area contributed by atoms with Crippen LogP contribution in [0.1, 0.15) is 20.0 Å². The van der Waals surface area contributed by atoms with Crippen molar-refractivity contribution in [2.45, 2.75) is 12.4 Å². The molecule has 181 valence electrons. The molecule has 1 aromatic heterocycles. The topological polar surface area (TPSA) is 74.6 Å². The Balaban J connectivity index is 0.000000346. The zero-order valence-corrected chi connectivity index (χ0v) is 19.9. The van der Waals surface area contributed by atoms with Crippen LogP contribution in [0.5, 0.6) is 0 Å². The van der Waals surface area contributed by atoms with E-state index in [9.17, 15) is 35.9 Å². The van der Waals surface area contributed by atoms with Crippen molar-refractivity contribution in [3.05, 3.63) is 94.1 Å². The van der Waals surface area contributed by atoms with E-state index in [1.807, 2.05) is 12.1 Å². The number of halogens is 6. The van der Waals surface area contributed by atoms with E-state index in [0.29, 0.717) is 0 Å². The van der Waals surface area contributed by atoms with E-state index in [4.69, 9.17) is 10.2 Å². The zero-order chi connectivity index (χ0) is 24.8. The SMILES string of the molecule is O=C(/C=C(\O)C(F)(F)F)c1ccc2ccccc2c1.O=C(/C=C(\O)C(F)(F)F)c1cccs1.[Eu]. The minimum atomic E-state index is -4.91. The van der Waals surface area contributed by atoms with Gasteiger partial charge >= 0.3 is 12.4 Å². The number of carbonyl (C=O) groups excluding carboxylic acids is 2. The molecule has 0 fully saturated rings. The summed E-state index contributed by atoms with van der Waals surface area (Å²) in [7, 11) is 0. The van der Waals surface area contributed by atoms with Gasteiger partial charge < -0.3 is 10.2 Å². The fraction of sp³-hybridized carbons (Fsp3) is 0.0909. The van der Waals surface area contributed by atoms with Crippen LogP contribution in [0.2, 0.25) is 0 Å². The summed E-state index contributed by atoms with van der Waals surface area (Å²) < 4.78 is 71.7. The van der Waals surface area contributed by atoms with Crippen molar-refractivity contribution >= 4 is 33.7 Å². The van der Waals surface area contributed by atoms with Gasteiger partial charge in [-0.25, -0.2) is 0 Å². The quantitative estimate of drug-likeness (QED) is 0.140. The predicted molar refractivity (Wildman–Crippen MR) is 110 cm³/mol. The maximum atomic E-state index is 12.1. The number of alkyl halides is 6. The van der Waals surface area contributed by atoms with E-state index in [1.165, 1.54) is 24.3 Å². The number of aliphatic hydroxyl groups excluding tert-OH is 2. The maximum absolute atomic E-state index is 12.1. The van der Waals surface area contributed by atoms with Gasteiger partial charge in [-0.15, -0.1) is 11.3 Å². The molecular weight excluding hydrogens is 626 g/mol. The number of rotatable bonds is 4. The third kappa shape index (κ3) is 8.97. The number of carbonyl (C=O) groups is 2. The molecule has 0 amide bonds. The molecule has 1 heterocycles. The van der Waals surface area contributed by atoms with Crippen LogP contribution in [0.4, 0.5) is 26.3 Å². The fourth-order valence-corrected chi connectivity index (χ4v) is 2.96. The summed E-state index contributed by atoms with van der Waals surface area (Å²) in [5.74, 6) is -5.52. The van der Waals surface area contributed by atoms with Gasteiger partial charge in [-0.3, -0.25) is 9.59 Å². The van der Waals surface area contributed by atoms with E-state index in [-0.39, 0.29) is 72.0 Å². The summed E-state index contributed by atoms with van der Waals surface area (Å²) in [6.07, 6.45) is -9.42. The van der Waals surface area contributed by atoms with Crippen LogP contribution in [-0.2, 0) is 0 Å². The monoisotopic (exact) mass is 641 g/mol. The van der Waals surface area contributed by atoms with Gasteiger partial charge in [0.25, 0.3) is 0 Å². The molecule has 12 heteroatoms. The summed E-state index contributed by atoms with van der Waals surface area (Å²) in [6, 6.07) is 14.6. The minimum Gasteiger partial charge on any atom is -0.504 e. The number of thiophene rings is 1. The summed E-state index contributed by atoms with van der Waals surface area (Å²) in [5.41, 5.74) is 0.0921. The molecule has 0 aliphatic carbocycles. The first-order valence-electron chi connectivity index (χ1n) is 8.85. The van der Waals surface area contributed by atoms with Crippen molar-refractivity contribution in [1.82, 2.24) is 0 Å². The van der Waals surface area contributed by atoms with Crippen molar-refractivity contribution in [3.8, 4) is 0 Å². The first kappa shape index (κ1) is 30.0. The van der Waals surface area contributed by atoms with Gasteiger partial charge in [0, 0.05) is 67.1 Å². The first-order chi connectivity index (χ1) is 15.3. The van der Waals surface area contributed by atoms with E-state index < -0.39 is 35.4 Å². The van der Waals surface area contributed by atoms with E-state index in [0.717, 1.165) is 22.1 Å². The third-order valence-electron chi connectivity index (χ3n) is 3.91. The molecule has 0 unspecified atom stereocenters. The molecule has 0 saturated heterocycles. The van der Waals surface area contributed by atoms with Crippen LogP contribution in [0, 0.1) is 49.4 Å². The molecular formula is C22H14EuF6O4S.